The minimum absolute atomic E-state index is 0.0188. The van der Waals surface area contributed by atoms with Gasteiger partial charge in [-0.1, -0.05) is 36.4 Å². The third-order valence-corrected chi connectivity index (χ3v) is 7.64. The van der Waals surface area contributed by atoms with Gasteiger partial charge in [0.05, 0.1) is 30.9 Å². The number of anilines is 1. The summed E-state index contributed by atoms with van der Waals surface area (Å²) in [6, 6.07) is 17.4. The van der Waals surface area contributed by atoms with Crippen LogP contribution in [0.25, 0.3) is 22.5 Å². The average molecular weight is 549 g/mol. The molecule has 1 fully saturated rings. The smallest absolute Gasteiger partial charge is 0.390 e. The van der Waals surface area contributed by atoms with E-state index >= 15 is 0 Å². The molecule has 1 aliphatic carbocycles. The Kier molecular flexibility index (Phi) is 6.67. The van der Waals surface area contributed by atoms with Crippen LogP contribution >= 0.6 is 0 Å². The molecular formula is C30H27F3N4O3. The first-order valence-corrected chi connectivity index (χ1v) is 13.1. The molecule has 0 saturated heterocycles. The van der Waals surface area contributed by atoms with E-state index in [9.17, 15) is 23.1 Å². The Morgan fingerprint density at radius 2 is 1.82 bits per heavy atom. The van der Waals surface area contributed by atoms with Crippen LogP contribution in [0.4, 0.5) is 18.9 Å². The van der Waals surface area contributed by atoms with Crippen LogP contribution in [0.15, 0.2) is 67.0 Å². The zero-order valence-electron chi connectivity index (χ0n) is 21.7. The Labute approximate surface area is 228 Å². The average Bonchev–Trinajstić information content (AvgIpc) is 3.65. The number of aliphatic hydroxyl groups excluding tert-OH is 1. The van der Waals surface area contributed by atoms with Gasteiger partial charge >= 0.3 is 6.18 Å². The molecule has 3 aromatic carbocycles. The molecule has 0 bridgehead atoms. The molecule has 2 atom stereocenters. The predicted octanol–water partition coefficient (Wildman–Crippen LogP) is 5.76. The topological polar surface area (TPSA) is 80.5 Å². The molecule has 1 aromatic heterocycles. The molecule has 2 aliphatic rings. The van der Waals surface area contributed by atoms with Gasteiger partial charge in [-0.3, -0.25) is 4.79 Å². The summed E-state index contributed by atoms with van der Waals surface area (Å²) >= 11 is 0. The fourth-order valence-corrected chi connectivity index (χ4v) is 5.62. The highest BCUT2D eigenvalue weighted by Crippen LogP contribution is 2.41. The van der Waals surface area contributed by atoms with Gasteiger partial charge in [0.1, 0.15) is 6.33 Å². The molecule has 7 nitrogen and oxygen atoms in total. The van der Waals surface area contributed by atoms with Crippen LogP contribution in [-0.2, 0) is 31.1 Å². The van der Waals surface area contributed by atoms with Crippen LogP contribution in [0.2, 0.25) is 0 Å². The molecular weight excluding hydrogens is 521 g/mol. The minimum atomic E-state index is -4.64. The lowest BCUT2D eigenvalue weighted by atomic mass is 9.98. The molecule has 0 spiro atoms. The molecule has 40 heavy (non-hydrogen) atoms. The normalized spacial score (nSPS) is 18.9. The second-order valence-corrected chi connectivity index (χ2v) is 10.3. The van der Waals surface area contributed by atoms with E-state index in [0.29, 0.717) is 24.4 Å². The van der Waals surface area contributed by atoms with Crippen LogP contribution < -0.4 is 4.90 Å². The van der Waals surface area contributed by atoms with E-state index in [-0.39, 0.29) is 29.8 Å². The number of alkyl halides is 3. The summed E-state index contributed by atoms with van der Waals surface area (Å²) in [7, 11) is 1.84. The number of hydrogen-bond acceptors (Lipinski definition) is 5. The molecule has 1 amide bonds. The van der Waals surface area contributed by atoms with E-state index in [1.54, 1.807) is 29.1 Å². The first-order valence-electron chi connectivity index (χ1n) is 13.1. The quantitative estimate of drug-likeness (QED) is 0.332. The van der Waals surface area contributed by atoms with E-state index < -0.39 is 29.9 Å². The Morgan fingerprint density at radius 3 is 2.52 bits per heavy atom. The Hall–Kier alpha value is -4.02. The van der Waals surface area contributed by atoms with E-state index in [1.165, 1.54) is 11.0 Å². The zero-order valence-corrected chi connectivity index (χ0v) is 21.7. The molecule has 206 valence electrons. The molecule has 1 N–H and O–H groups in total. The van der Waals surface area contributed by atoms with E-state index in [0.717, 1.165) is 29.2 Å². The van der Waals surface area contributed by atoms with Crippen molar-refractivity contribution < 1.29 is 27.8 Å². The number of ether oxygens (including phenoxy) is 1. The number of amides is 1. The summed E-state index contributed by atoms with van der Waals surface area (Å²) in [5.41, 5.74) is 2.37. The number of benzene rings is 3. The first-order chi connectivity index (χ1) is 19.2. The highest BCUT2D eigenvalue weighted by atomic mass is 19.4. The lowest BCUT2D eigenvalue weighted by Gasteiger charge is -2.18. The zero-order chi connectivity index (χ0) is 28.0. The summed E-state index contributed by atoms with van der Waals surface area (Å²) in [4.78, 5) is 14.9. The number of aromatic nitrogens is 3. The number of aliphatic hydroxyl groups is 1. The second kappa shape index (κ2) is 10.2. The summed E-state index contributed by atoms with van der Waals surface area (Å²) in [6.45, 7) is -0.306. The summed E-state index contributed by atoms with van der Waals surface area (Å²) in [5, 5.41) is 18.2. The fourth-order valence-electron chi connectivity index (χ4n) is 5.62. The van der Waals surface area contributed by atoms with Crippen molar-refractivity contribution in [1.82, 2.24) is 14.8 Å². The number of carbonyl (C=O) groups excluding carboxylic acids is 1. The van der Waals surface area contributed by atoms with Crippen LogP contribution in [0.5, 0.6) is 0 Å². The van der Waals surface area contributed by atoms with Crippen LogP contribution in [0.3, 0.4) is 0 Å². The molecule has 0 unspecified atom stereocenters. The van der Waals surface area contributed by atoms with Crippen molar-refractivity contribution in [3.8, 4) is 22.5 Å². The van der Waals surface area contributed by atoms with Gasteiger partial charge in [0, 0.05) is 23.9 Å². The van der Waals surface area contributed by atoms with Crippen molar-refractivity contribution in [3.05, 3.63) is 89.2 Å². The molecule has 2 heterocycles. The fraction of sp³-hybridized carbons (Fsp3) is 0.300. The standard InChI is InChI=1S/C30H27F3N4O3/c1-36-17-34-35-28(36)22-9-3-2-8-21(22)19-6-4-7-20(14-19)37-15-24-23(29(37)39)12-18(13-25(24)30(31,32)33)16-40-27-11-5-10-26(27)38/h2-4,6-9,12-14,17,26-27,38H,5,10-11,15-16H2,1H3/t26-,27-/m1/s1. The van der Waals surface area contributed by atoms with Crippen molar-refractivity contribution >= 4 is 11.6 Å². The number of nitrogens with zero attached hydrogens (tertiary/aromatic N) is 4. The lowest BCUT2D eigenvalue weighted by molar-refractivity contribution is -0.138. The Bertz CT molecular complexity index is 1580. The number of fused-ring (bicyclic) bond motifs is 1. The Balaban J connectivity index is 1.33. The molecule has 1 aliphatic heterocycles. The number of hydrogen-bond donors (Lipinski definition) is 1. The van der Waals surface area contributed by atoms with Gasteiger partial charge in [-0.25, -0.2) is 0 Å². The maximum absolute atomic E-state index is 14.2. The highest BCUT2D eigenvalue weighted by molar-refractivity contribution is 6.10. The number of halogens is 3. The van der Waals surface area contributed by atoms with E-state index in [2.05, 4.69) is 10.2 Å². The number of rotatable bonds is 6. The van der Waals surface area contributed by atoms with E-state index in [4.69, 9.17) is 4.74 Å². The molecule has 1 saturated carbocycles. The van der Waals surface area contributed by atoms with Gasteiger partial charge in [0.15, 0.2) is 5.82 Å². The third-order valence-electron chi connectivity index (χ3n) is 7.64. The highest BCUT2D eigenvalue weighted by Gasteiger charge is 2.40. The van der Waals surface area contributed by atoms with Crippen molar-refractivity contribution in [1.29, 1.82) is 0 Å². The summed E-state index contributed by atoms with van der Waals surface area (Å²) in [5.74, 6) is 0.169. The van der Waals surface area contributed by atoms with Crippen LogP contribution in [0, 0.1) is 0 Å². The van der Waals surface area contributed by atoms with Crippen molar-refractivity contribution in [2.45, 2.75) is 50.8 Å². The van der Waals surface area contributed by atoms with E-state index in [1.807, 2.05) is 37.4 Å². The minimum Gasteiger partial charge on any atom is -0.390 e. The van der Waals surface area contributed by atoms with Crippen molar-refractivity contribution in [2.24, 2.45) is 7.05 Å². The third kappa shape index (κ3) is 4.77. The number of aryl methyl sites for hydroxylation is 1. The van der Waals surface area contributed by atoms with Gasteiger partial charge in [0.2, 0.25) is 0 Å². The first kappa shape index (κ1) is 26.2. The maximum atomic E-state index is 14.2. The van der Waals surface area contributed by atoms with Crippen molar-refractivity contribution in [2.75, 3.05) is 4.90 Å². The SMILES string of the molecule is Cn1cnnc1-c1ccccc1-c1cccc(N2Cc3c(cc(CO[C@@H]4CCC[C@H]4O)cc3C(F)(F)F)C2=O)c1. The maximum Gasteiger partial charge on any atom is 0.416 e. The van der Waals surface area contributed by atoms with Crippen LogP contribution in [-0.4, -0.2) is 38.0 Å². The van der Waals surface area contributed by atoms with Gasteiger partial charge in [0.25, 0.3) is 5.91 Å². The monoisotopic (exact) mass is 548 g/mol. The lowest BCUT2D eigenvalue weighted by Crippen LogP contribution is -2.23. The predicted molar refractivity (Wildman–Crippen MR) is 142 cm³/mol. The van der Waals surface area contributed by atoms with Gasteiger partial charge in [-0.05, 0) is 65.8 Å². The van der Waals surface area contributed by atoms with Crippen molar-refractivity contribution in [3.63, 3.8) is 0 Å². The molecule has 0 radical (unpaired) electrons. The molecule has 10 heteroatoms. The van der Waals surface area contributed by atoms with Gasteiger partial charge in [-0.2, -0.15) is 13.2 Å². The summed E-state index contributed by atoms with van der Waals surface area (Å²) in [6.07, 6.45) is -2.00. The van der Waals surface area contributed by atoms with Crippen LogP contribution in [0.1, 0.15) is 46.3 Å². The van der Waals surface area contributed by atoms with Gasteiger partial charge < -0.3 is 19.3 Å². The Morgan fingerprint density at radius 1 is 1.02 bits per heavy atom. The second-order valence-electron chi connectivity index (χ2n) is 10.3. The molecule has 6 rings (SSSR count). The number of carbonyl (C=O) groups is 1. The van der Waals surface area contributed by atoms with Gasteiger partial charge in [-0.15, -0.1) is 10.2 Å². The molecule has 4 aromatic rings. The largest absolute Gasteiger partial charge is 0.416 e. The summed E-state index contributed by atoms with van der Waals surface area (Å²) < 4.78 is 50.0.